The van der Waals surface area contributed by atoms with Gasteiger partial charge in [0.1, 0.15) is 0 Å². The van der Waals surface area contributed by atoms with Gasteiger partial charge in [0.15, 0.2) is 0 Å². The minimum absolute atomic E-state index is 0.327. The lowest BCUT2D eigenvalue weighted by atomic mass is 10.0. The van der Waals surface area contributed by atoms with E-state index in [1.807, 2.05) is 37.3 Å². The van der Waals surface area contributed by atoms with Crippen LogP contribution in [-0.2, 0) is 20.0 Å². The Hall–Kier alpha value is -2.17. The molecule has 0 unspecified atom stereocenters. The van der Waals surface area contributed by atoms with Crippen molar-refractivity contribution in [2.24, 2.45) is 0 Å². The highest BCUT2D eigenvalue weighted by molar-refractivity contribution is 5.92. The van der Waals surface area contributed by atoms with Crippen LogP contribution in [0.4, 0.5) is 0 Å². The van der Waals surface area contributed by atoms with Gasteiger partial charge >= 0.3 is 5.97 Å². The number of esters is 1. The zero-order chi connectivity index (χ0) is 16.4. The first-order valence-electron chi connectivity index (χ1n) is 7.69. The van der Waals surface area contributed by atoms with E-state index in [9.17, 15) is 4.79 Å². The normalized spacial score (nSPS) is 14.2. The maximum absolute atomic E-state index is 12.2. The van der Waals surface area contributed by atoms with E-state index in [2.05, 4.69) is 0 Å². The lowest BCUT2D eigenvalue weighted by Gasteiger charge is -2.28. The third kappa shape index (κ3) is 2.35. The van der Waals surface area contributed by atoms with Crippen molar-refractivity contribution in [1.82, 2.24) is 0 Å². The summed E-state index contributed by atoms with van der Waals surface area (Å²) in [6.45, 7) is 2.38. The number of hydrogen-bond acceptors (Lipinski definition) is 4. The Labute approximate surface area is 136 Å². The molecule has 2 aromatic carbocycles. The van der Waals surface area contributed by atoms with Gasteiger partial charge in [-0.3, -0.25) is 0 Å². The van der Waals surface area contributed by atoms with Gasteiger partial charge in [-0.2, -0.15) is 0 Å². The van der Waals surface area contributed by atoms with E-state index in [1.165, 1.54) is 0 Å². The molecule has 1 aliphatic rings. The van der Waals surface area contributed by atoms with Gasteiger partial charge in [-0.25, -0.2) is 4.79 Å². The van der Waals surface area contributed by atoms with Crippen molar-refractivity contribution in [3.05, 3.63) is 59.2 Å². The number of fused-ring (bicyclic) bond motifs is 3. The summed E-state index contributed by atoms with van der Waals surface area (Å²) in [5.41, 5.74) is 4.34. The van der Waals surface area contributed by atoms with Crippen LogP contribution in [0.25, 0.3) is 11.1 Å². The van der Waals surface area contributed by atoms with Crippen molar-refractivity contribution < 1.29 is 19.0 Å². The number of carbonyl (C=O) groups excluding carboxylic acids is 1. The average Bonchev–Trinajstić information content (AvgIpc) is 2.89. The van der Waals surface area contributed by atoms with Gasteiger partial charge in [0.05, 0.1) is 12.2 Å². The second-order valence-corrected chi connectivity index (χ2v) is 5.47. The van der Waals surface area contributed by atoms with Crippen LogP contribution in [0.2, 0.25) is 0 Å². The molecule has 0 amide bonds. The van der Waals surface area contributed by atoms with E-state index < -0.39 is 5.79 Å². The zero-order valence-corrected chi connectivity index (χ0v) is 13.6. The molecule has 0 radical (unpaired) electrons. The fourth-order valence-electron chi connectivity index (χ4n) is 3.13. The largest absolute Gasteiger partial charge is 0.462 e. The van der Waals surface area contributed by atoms with Gasteiger partial charge in [0.2, 0.25) is 5.79 Å². The van der Waals surface area contributed by atoms with E-state index in [1.54, 1.807) is 26.4 Å². The van der Waals surface area contributed by atoms with Crippen LogP contribution < -0.4 is 0 Å². The van der Waals surface area contributed by atoms with Crippen LogP contribution in [0.3, 0.4) is 0 Å². The molecule has 23 heavy (non-hydrogen) atoms. The van der Waals surface area contributed by atoms with Crippen LogP contribution in [0.5, 0.6) is 0 Å². The second-order valence-electron chi connectivity index (χ2n) is 5.47. The molecule has 0 saturated heterocycles. The fourth-order valence-corrected chi connectivity index (χ4v) is 3.13. The molecule has 2 aromatic rings. The molecular weight excluding hydrogens is 292 g/mol. The van der Waals surface area contributed by atoms with Crippen LogP contribution in [0, 0.1) is 0 Å². The molecule has 0 bridgehead atoms. The second kappa shape index (κ2) is 6.14. The first-order chi connectivity index (χ1) is 11.2. The van der Waals surface area contributed by atoms with Gasteiger partial charge in [-0.15, -0.1) is 0 Å². The first-order valence-corrected chi connectivity index (χ1v) is 7.69. The summed E-state index contributed by atoms with van der Waals surface area (Å²) in [5.74, 6) is -1.32. The van der Waals surface area contributed by atoms with Crippen molar-refractivity contribution >= 4 is 5.97 Å². The molecule has 0 atom stereocenters. The van der Waals surface area contributed by atoms with Crippen LogP contribution in [0.1, 0.15) is 34.8 Å². The number of rotatable bonds is 5. The third-order valence-corrected chi connectivity index (χ3v) is 4.19. The van der Waals surface area contributed by atoms with E-state index >= 15 is 0 Å². The molecule has 0 aliphatic heterocycles. The summed E-state index contributed by atoms with van der Waals surface area (Å²) in [7, 11) is 3.22. The molecule has 0 spiro atoms. The van der Waals surface area contributed by atoms with Crippen molar-refractivity contribution in [2.45, 2.75) is 19.1 Å². The Morgan fingerprint density at radius 2 is 1.70 bits per heavy atom. The summed E-state index contributed by atoms with van der Waals surface area (Å²) in [5, 5.41) is 0. The molecule has 0 aromatic heterocycles. The summed E-state index contributed by atoms with van der Waals surface area (Å²) < 4.78 is 16.7. The summed E-state index contributed by atoms with van der Waals surface area (Å²) in [6.07, 6.45) is 0.794. The molecule has 4 heteroatoms. The van der Waals surface area contributed by atoms with E-state index in [-0.39, 0.29) is 5.97 Å². The predicted molar refractivity (Wildman–Crippen MR) is 87.2 cm³/mol. The minimum Gasteiger partial charge on any atom is -0.462 e. The summed E-state index contributed by atoms with van der Waals surface area (Å²) >= 11 is 0. The number of hydrogen-bond donors (Lipinski definition) is 0. The molecule has 120 valence electrons. The molecule has 0 N–H and O–H groups in total. The van der Waals surface area contributed by atoms with Gasteiger partial charge in [-0.05, 0) is 29.7 Å². The highest BCUT2D eigenvalue weighted by Gasteiger charge is 2.44. The zero-order valence-electron chi connectivity index (χ0n) is 13.6. The number of methoxy groups -OCH3 is 2. The molecular formula is C19H20O4. The number of benzene rings is 2. The van der Waals surface area contributed by atoms with E-state index in [0.29, 0.717) is 12.2 Å². The lowest BCUT2D eigenvalue weighted by molar-refractivity contribution is -0.180. The van der Waals surface area contributed by atoms with Crippen molar-refractivity contribution in [3.8, 4) is 11.1 Å². The van der Waals surface area contributed by atoms with Gasteiger partial charge in [0.25, 0.3) is 0 Å². The van der Waals surface area contributed by atoms with Crippen LogP contribution in [0.15, 0.2) is 42.5 Å². The van der Waals surface area contributed by atoms with Gasteiger partial charge < -0.3 is 14.2 Å². The molecule has 0 heterocycles. The van der Waals surface area contributed by atoms with Crippen LogP contribution >= 0.6 is 0 Å². The molecule has 3 rings (SSSR count). The Balaban J connectivity index is 2.12. The third-order valence-electron chi connectivity index (χ3n) is 4.19. The predicted octanol–water partition coefficient (Wildman–Crippen LogP) is 3.73. The van der Waals surface area contributed by atoms with Gasteiger partial charge in [0, 0.05) is 25.3 Å². The molecule has 0 saturated carbocycles. The smallest absolute Gasteiger partial charge is 0.338 e. The topological polar surface area (TPSA) is 44.8 Å². The molecule has 1 aliphatic carbocycles. The first kappa shape index (κ1) is 15.7. The maximum atomic E-state index is 12.2. The van der Waals surface area contributed by atoms with E-state index in [0.717, 1.165) is 28.7 Å². The number of ether oxygens (including phenoxy) is 3. The Bertz CT molecular complexity index is 732. The van der Waals surface area contributed by atoms with Crippen LogP contribution in [-0.4, -0.2) is 26.8 Å². The van der Waals surface area contributed by atoms with Crippen molar-refractivity contribution in [3.63, 3.8) is 0 Å². The molecule has 4 nitrogen and oxygen atoms in total. The quantitative estimate of drug-likeness (QED) is 0.623. The van der Waals surface area contributed by atoms with Crippen molar-refractivity contribution in [1.29, 1.82) is 0 Å². The lowest BCUT2D eigenvalue weighted by Crippen LogP contribution is -2.30. The summed E-state index contributed by atoms with van der Waals surface area (Å²) in [4.78, 5) is 12.2. The Kier molecular flexibility index (Phi) is 4.20. The Morgan fingerprint density at radius 1 is 1.00 bits per heavy atom. The van der Waals surface area contributed by atoms with E-state index in [4.69, 9.17) is 14.2 Å². The standard InChI is InChI=1S/C19H20O4/c1-4-11-23-18(20)13-9-10-15-14-7-5-6-8-16(14)19(21-2,22-3)17(15)12-13/h5-10,12H,4,11H2,1-3H3. The number of carbonyl (C=O) groups is 1. The Morgan fingerprint density at radius 3 is 2.39 bits per heavy atom. The maximum Gasteiger partial charge on any atom is 0.338 e. The van der Waals surface area contributed by atoms with Crippen molar-refractivity contribution in [2.75, 3.05) is 20.8 Å². The highest BCUT2D eigenvalue weighted by atomic mass is 16.7. The highest BCUT2D eigenvalue weighted by Crippen LogP contribution is 2.49. The monoisotopic (exact) mass is 312 g/mol. The minimum atomic E-state index is -0.993. The fraction of sp³-hybridized carbons (Fsp3) is 0.316. The summed E-state index contributed by atoms with van der Waals surface area (Å²) in [6, 6.07) is 13.5. The molecule has 0 fully saturated rings. The SMILES string of the molecule is CCCOC(=O)c1ccc2c(c1)C(OC)(OC)c1ccccc1-2. The van der Waals surface area contributed by atoms with Gasteiger partial charge in [-0.1, -0.05) is 37.3 Å². The average molecular weight is 312 g/mol.